The van der Waals surface area contributed by atoms with E-state index in [1.807, 2.05) is 10.1 Å². The summed E-state index contributed by atoms with van der Waals surface area (Å²) in [4.78, 5) is 16.3. The van der Waals surface area contributed by atoms with Gasteiger partial charge in [-0.25, -0.2) is 0 Å². The first-order chi connectivity index (χ1) is 14.6. The van der Waals surface area contributed by atoms with E-state index in [1.165, 1.54) is 11.4 Å². The number of hydrogen-bond acceptors (Lipinski definition) is 6. The molecule has 0 radical (unpaired) electrons. The summed E-state index contributed by atoms with van der Waals surface area (Å²) in [5.41, 5.74) is 1.24. The third-order valence-corrected chi connectivity index (χ3v) is 8.75. The van der Waals surface area contributed by atoms with Gasteiger partial charge in [0, 0.05) is 37.6 Å². The summed E-state index contributed by atoms with van der Waals surface area (Å²) in [5, 5.41) is 3.69. The van der Waals surface area contributed by atoms with Crippen molar-refractivity contribution in [2.75, 3.05) is 40.4 Å². The van der Waals surface area contributed by atoms with Crippen LogP contribution in [-0.4, -0.2) is 93.2 Å². The van der Waals surface area contributed by atoms with E-state index in [1.54, 1.807) is 14.2 Å². The lowest BCUT2D eigenvalue weighted by atomic mass is 9.83. The summed E-state index contributed by atoms with van der Waals surface area (Å²) in [6.45, 7) is 20.9. The molecule has 0 aliphatic carbocycles. The number of alkyl halides is 2. The van der Waals surface area contributed by atoms with E-state index in [2.05, 4.69) is 77.3 Å². The molecule has 3 aliphatic rings. The van der Waals surface area contributed by atoms with Crippen LogP contribution in [0.15, 0.2) is 23.5 Å². The summed E-state index contributed by atoms with van der Waals surface area (Å²) in [6, 6.07) is 0. The normalized spacial score (nSPS) is 32.5. The van der Waals surface area contributed by atoms with Crippen molar-refractivity contribution < 1.29 is 9.68 Å². The first kappa shape index (κ1) is 26.1. The molecular formula is C24H42Cl2N4O2. The smallest absolute Gasteiger partial charge is 0.0932 e. The molecule has 184 valence electrons. The van der Waals surface area contributed by atoms with Crippen LogP contribution in [0.3, 0.4) is 0 Å². The molecule has 0 aromatic heterocycles. The van der Waals surface area contributed by atoms with Gasteiger partial charge in [-0.15, -0.1) is 23.2 Å². The van der Waals surface area contributed by atoms with Crippen LogP contribution in [0.25, 0.3) is 0 Å². The van der Waals surface area contributed by atoms with Gasteiger partial charge in [-0.1, -0.05) is 0 Å². The molecular weight excluding hydrogens is 447 g/mol. The molecule has 1 fully saturated rings. The molecule has 0 bridgehead atoms. The Morgan fingerprint density at radius 3 is 1.19 bits per heavy atom. The molecule has 0 saturated carbocycles. The first-order valence-electron chi connectivity index (χ1n) is 11.5. The van der Waals surface area contributed by atoms with Gasteiger partial charge in [-0.2, -0.15) is 10.1 Å². The number of hydrogen-bond donors (Lipinski definition) is 0. The van der Waals surface area contributed by atoms with Crippen LogP contribution in [-0.2, 0) is 9.68 Å². The van der Waals surface area contributed by atoms with E-state index < -0.39 is 0 Å². The van der Waals surface area contributed by atoms with Crippen molar-refractivity contribution in [1.82, 2.24) is 19.9 Å². The SMILES string of the molecule is CON1C(C)(C)C=C(N2CCN(C3=CC(C)(C)N(OC)C(C)(C)C3Cl)CC2)C(Cl)C1(C)C. The minimum atomic E-state index is -0.328. The number of nitrogens with zero attached hydrogens (tertiary/aromatic N) is 4. The number of rotatable bonds is 4. The lowest BCUT2D eigenvalue weighted by Gasteiger charge is -2.55. The van der Waals surface area contributed by atoms with E-state index in [4.69, 9.17) is 32.9 Å². The molecule has 6 nitrogen and oxygen atoms in total. The predicted octanol–water partition coefficient (Wildman–Crippen LogP) is 4.46. The second-order valence-corrected chi connectivity index (χ2v) is 12.3. The maximum absolute atomic E-state index is 7.03. The molecule has 2 atom stereocenters. The van der Waals surface area contributed by atoms with Crippen LogP contribution < -0.4 is 0 Å². The fraction of sp³-hybridized carbons (Fsp3) is 0.833. The summed E-state index contributed by atoms with van der Waals surface area (Å²) < 4.78 is 0. The molecule has 0 aromatic rings. The lowest BCUT2D eigenvalue weighted by molar-refractivity contribution is -0.240. The van der Waals surface area contributed by atoms with Crippen molar-refractivity contribution in [3.8, 4) is 0 Å². The van der Waals surface area contributed by atoms with Gasteiger partial charge in [0.1, 0.15) is 0 Å². The average Bonchev–Trinajstić information content (AvgIpc) is 2.68. The molecule has 3 heterocycles. The zero-order valence-corrected chi connectivity index (χ0v) is 23.0. The predicted molar refractivity (Wildman–Crippen MR) is 133 cm³/mol. The largest absolute Gasteiger partial charge is 0.370 e. The van der Waals surface area contributed by atoms with Gasteiger partial charge in [0.25, 0.3) is 0 Å². The van der Waals surface area contributed by atoms with Crippen LogP contribution in [0.1, 0.15) is 55.4 Å². The monoisotopic (exact) mass is 488 g/mol. The van der Waals surface area contributed by atoms with Crippen LogP contribution >= 0.6 is 23.2 Å². The van der Waals surface area contributed by atoms with Crippen LogP contribution in [0.4, 0.5) is 0 Å². The second kappa shape index (κ2) is 8.62. The Kier molecular flexibility index (Phi) is 7.03. The van der Waals surface area contributed by atoms with Crippen molar-refractivity contribution in [3.05, 3.63) is 23.5 Å². The molecule has 3 aliphatic heterocycles. The number of piperazine rings is 1. The van der Waals surface area contributed by atoms with Crippen molar-refractivity contribution in [2.45, 2.75) is 88.3 Å². The van der Waals surface area contributed by atoms with Gasteiger partial charge in [-0.05, 0) is 67.5 Å². The highest BCUT2D eigenvalue weighted by Crippen LogP contribution is 2.44. The van der Waals surface area contributed by atoms with Crippen molar-refractivity contribution >= 4 is 23.2 Å². The molecule has 2 unspecified atom stereocenters. The molecule has 0 aromatic carbocycles. The zero-order valence-electron chi connectivity index (χ0n) is 21.5. The van der Waals surface area contributed by atoms with Crippen molar-refractivity contribution in [3.63, 3.8) is 0 Å². The molecule has 8 heteroatoms. The third kappa shape index (κ3) is 4.20. The quantitative estimate of drug-likeness (QED) is 0.543. The highest BCUT2D eigenvalue weighted by Gasteiger charge is 2.51. The minimum absolute atomic E-state index is 0.162. The maximum atomic E-state index is 7.03. The molecule has 0 spiro atoms. The van der Waals surface area contributed by atoms with Gasteiger partial charge in [-0.3, -0.25) is 0 Å². The van der Waals surface area contributed by atoms with Gasteiger partial charge in [0.2, 0.25) is 0 Å². The highest BCUT2D eigenvalue weighted by molar-refractivity contribution is 6.23. The van der Waals surface area contributed by atoms with Crippen LogP contribution in [0.2, 0.25) is 0 Å². The third-order valence-electron chi connectivity index (χ3n) is 7.23. The molecule has 3 rings (SSSR count). The molecule has 0 amide bonds. The Balaban J connectivity index is 1.81. The topological polar surface area (TPSA) is 31.4 Å². The maximum Gasteiger partial charge on any atom is 0.0932 e. The van der Waals surface area contributed by atoms with Crippen LogP contribution in [0, 0.1) is 0 Å². The van der Waals surface area contributed by atoms with E-state index >= 15 is 0 Å². The summed E-state index contributed by atoms with van der Waals surface area (Å²) in [6.07, 6.45) is 4.53. The average molecular weight is 490 g/mol. The van der Waals surface area contributed by atoms with E-state index in [-0.39, 0.29) is 32.9 Å². The van der Waals surface area contributed by atoms with Gasteiger partial charge >= 0.3 is 0 Å². The zero-order chi connectivity index (χ0) is 24.3. The van der Waals surface area contributed by atoms with Gasteiger partial charge in [0.15, 0.2) is 0 Å². The van der Waals surface area contributed by atoms with E-state index in [9.17, 15) is 0 Å². The standard InChI is InChI=1S/C24H42Cl2N4O2/c1-21(2)15-17(19(25)23(5,6)29(21)31-9)27-11-13-28(14-12-27)18-16-22(3,4)30(32-10)24(7,8)20(18)26/h15-16,19-20H,11-14H2,1-10H3. The Morgan fingerprint density at radius 1 is 0.656 bits per heavy atom. The van der Waals surface area contributed by atoms with Crippen LogP contribution in [0.5, 0.6) is 0 Å². The lowest BCUT2D eigenvalue weighted by Crippen LogP contribution is -2.65. The Labute approximate surface area is 205 Å². The Bertz CT molecular complexity index is 706. The minimum Gasteiger partial charge on any atom is -0.370 e. The van der Waals surface area contributed by atoms with E-state index in [0.717, 1.165) is 26.2 Å². The fourth-order valence-electron chi connectivity index (χ4n) is 6.07. The van der Waals surface area contributed by atoms with Gasteiger partial charge in [0.05, 0.1) is 47.1 Å². The van der Waals surface area contributed by atoms with Crippen molar-refractivity contribution in [2.24, 2.45) is 0 Å². The molecule has 32 heavy (non-hydrogen) atoms. The summed E-state index contributed by atoms with van der Waals surface area (Å²) in [7, 11) is 3.44. The van der Waals surface area contributed by atoms with E-state index in [0.29, 0.717) is 0 Å². The number of hydroxylamine groups is 4. The molecule has 0 N–H and O–H groups in total. The summed E-state index contributed by atoms with van der Waals surface area (Å²) in [5.74, 6) is 0. The molecule has 1 saturated heterocycles. The highest BCUT2D eigenvalue weighted by atomic mass is 35.5. The first-order valence-corrected chi connectivity index (χ1v) is 12.4. The second-order valence-electron chi connectivity index (χ2n) is 11.4. The van der Waals surface area contributed by atoms with Crippen molar-refractivity contribution in [1.29, 1.82) is 0 Å². The fourth-order valence-corrected chi connectivity index (χ4v) is 6.65. The Morgan fingerprint density at radius 2 is 0.938 bits per heavy atom. The number of halogens is 2. The summed E-state index contributed by atoms with van der Waals surface area (Å²) >= 11 is 14.1. The van der Waals surface area contributed by atoms with Gasteiger partial charge < -0.3 is 19.5 Å². The Hall–Kier alpha value is -0.500.